The van der Waals surface area contributed by atoms with Gasteiger partial charge in [-0.2, -0.15) is 0 Å². The first-order valence-electron chi connectivity index (χ1n) is 7.33. The van der Waals surface area contributed by atoms with Crippen molar-refractivity contribution in [2.45, 2.75) is 73.1 Å². The Bertz CT molecular complexity index is 251. The van der Waals surface area contributed by atoms with E-state index in [9.17, 15) is 0 Å². The van der Waals surface area contributed by atoms with Crippen LogP contribution in [0.5, 0.6) is 0 Å². The molecular weight excluding hydrogens is 192 g/mol. The van der Waals surface area contributed by atoms with E-state index in [0.717, 1.165) is 23.2 Å². The zero-order chi connectivity index (χ0) is 12.0. The van der Waals surface area contributed by atoms with Crippen molar-refractivity contribution in [2.24, 2.45) is 28.6 Å². The van der Waals surface area contributed by atoms with Crippen molar-refractivity contribution >= 4 is 0 Å². The summed E-state index contributed by atoms with van der Waals surface area (Å²) in [6.07, 6.45) is 8.94. The highest BCUT2D eigenvalue weighted by atomic mass is 14.6. The van der Waals surface area contributed by atoms with Crippen LogP contribution in [0, 0.1) is 28.6 Å². The maximum atomic E-state index is 2.54. The molecular formula is C16H30. The van der Waals surface area contributed by atoms with E-state index >= 15 is 0 Å². The average molecular weight is 222 g/mol. The largest absolute Gasteiger partial charge is 0.0628 e. The molecule has 2 saturated carbocycles. The van der Waals surface area contributed by atoms with E-state index in [1.807, 2.05) is 0 Å². The Morgan fingerprint density at radius 1 is 1.00 bits per heavy atom. The van der Waals surface area contributed by atoms with Crippen molar-refractivity contribution < 1.29 is 0 Å². The van der Waals surface area contributed by atoms with Crippen molar-refractivity contribution in [3.8, 4) is 0 Å². The first-order chi connectivity index (χ1) is 7.33. The fraction of sp³-hybridized carbons (Fsp3) is 1.00. The standard InChI is InChI=1S/C16H30/c1-12(2)6-7-14-11-16(14,5)9-8-13-10-15(13,3)4/h12-14H,6-11H2,1-5H3. The Morgan fingerprint density at radius 2 is 1.62 bits per heavy atom. The summed E-state index contributed by atoms with van der Waals surface area (Å²) in [6.45, 7) is 12.1. The second-order valence-electron chi connectivity index (χ2n) is 7.95. The lowest BCUT2D eigenvalue weighted by atomic mass is 9.93. The van der Waals surface area contributed by atoms with Gasteiger partial charge in [-0.3, -0.25) is 0 Å². The van der Waals surface area contributed by atoms with Crippen LogP contribution in [0.3, 0.4) is 0 Å². The van der Waals surface area contributed by atoms with Crippen LogP contribution in [0.2, 0.25) is 0 Å². The summed E-state index contributed by atoms with van der Waals surface area (Å²) in [4.78, 5) is 0. The van der Waals surface area contributed by atoms with E-state index in [4.69, 9.17) is 0 Å². The Kier molecular flexibility index (Phi) is 3.14. The lowest BCUT2D eigenvalue weighted by Crippen LogP contribution is -2.01. The maximum Gasteiger partial charge on any atom is -0.0294 e. The van der Waals surface area contributed by atoms with Crippen molar-refractivity contribution in [1.82, 2.24) is 0 Å². The highest BCUT2D eigenvalue weighted by Crippen LogP contribution is 2.62. The van der Waals surface area contributed by atoms with E-state index < -0.39 is 0 Å². The number of hydrogen-bond acceptors (Lipinski definition) is 0. The molecule has 0 aromatic heterocycles. The molecule has 3 unspecified atom stereocenters. The molecule has 0 nitrogen and oxygen atoms in total. The minimum Gasteiger partial charge on any atom is -0.0628 e. The molecule has 2 aliphatic rings. The van der Waals surface area contributed by atoms with Crippen molar-refractivity contribution in [3.05, 3.63) is 0 Å². The Balaban J connectivity index is 1.64. The normalized spacial score (nSPS) is 40.1. The molecule has 16 heavy (non-hydrogen) atoms. The summed E-state index contributed by atoms with van der Waals surface area (Å²) >= 11 is 0. The summed E-state index contributed by atoms with van der Waals surface area (Å²) < 4.78 is 0. The summed E-state index contributed by atoms with van der Waals surface area (Å²) in [5.41, 5.74) is 1.44. The van der Waals surface area contributed by atoms with Crippen LogP contribution >= 0.6 is 0 Å². The molecule has 94 valence electrons. The van der Waals surface area contributed by atoms with Crippen LogP contribution in [0.25, 0.3) is 0 Å². The van der Waals surface area contributed by atoms with E-state index in [2.05, 4.69) is 34.6 Å². The molecule has 0 amide bonds. The summed E-state index contributed by atoms with van der Waals surface area (Å²) in [6, 6.07) is 0. The van der Waals surface area contributed by atoms with Gasteiger partial charge < -0.3 is 0 Å². The van der Waals surface area contributed by atoms with Crippen LogP contribution in [0.15, 0.2) is 0 Å². The molecule has 2 rings (SSSR count). The highest BCUT2D eigenvalue weighted by molar-refractivity contribution is 5.02. The predicted octanol–water partition coefficient (Wildman–Crippen LogP) is 5.28. The van der Waals surface area contributed by atoms with Gasteiger partial charge in [0.15, 0.2) is 0 Å². The molecule has 3 atom stereocenters. The fourth-order valence-corrected chi connectivity index (χ4v) is 3.37. The Hall–Kier alpha value is 0. The zero-order valence-corrected chi connectivity index (χ0v) is 12.0. The molecule has 0 saturated heterocycles. The van der Waals surface area contributed by atoms with Crippen LogP contribution in [-0.2, 0) is 0 Å². The maximum absolute atomic E-state index is 2.54. The molecule has 2 fully saturated rings. The SMILES string of the molecule is CC(C)CCC1CC1(C)CCC1CC1(C)C. The highest BCUT2D eigenvalue weighted by Gasteiger charge is 2.51. The molecule has 2 aliphatic carbocycles. The monoisotopic (exact) mass is 222 g/mol. The van der Waals surface area contributed by atoms with Gasteiger partial charge in [0.25, 0.3) is 0 Å². The molecule has 0 N–H and O–H groups in total. The summed E-state index contributed by atoms with van der Waals surface area (Å²) in [5.74, 6) is 3.01. The zero-order valence-electron chi connectivity index (χ0n) is 12.0. The van der Waals surface area contributed by atoms with Crippen molar-refractivity contribution in [2.75, 3.05) is 0 Å². The Morgan fingerprint density at radius 3 is 2.12 bits per heavy atom. The second-order valence-corrected chi connectivity index (χ2v) is 7.95. The predicted molar refractivity (Wildman–Crippen MR) is 71.4 cm³/mol. The van der Waals surface area contributed by atoms with E-state index in [0.29, 0.717) is 5.41 Å². The molecule has 0 heteroatoms. The van der Waals surface area contributed by atoms with Gasteiger partial charge in [-0.25, -0.2) is 0 Å². The molecule has 0 aromatic rings. The third kappa shape index (κ3) is 2.81. The number of hydrogen-bond donors (Lipinski definition) is 0. The first-order valence-corrected chi connectivity index (χ1v) is 7.33. The van der Waals surface area contributed by atoms with Gasteiger partial charge in [0.1, 0.15) is 0 Å². The molecule has 0 bridgehead atoms. The van der Waals surface area contributed by atoms with Gasteiger partial charge in [0.2, 0.25) is 0 Å². The smallest absolute Gasteiger partial charge is 0.0294 e. The lowest BCUT2D eigenvalue weighted by molar-refractivity contribution is 0.384. The topological polar surface area (TPSA) is 0 Å². The lowest BCUT2D eigenvalue weighted by Gasteiger charge is -2.12. The average Bonchev–Trinajstić information content (AvgIpc) is 2.98. The van der Waals surface area contributed by atoms with Gasteiger partial charge in [-0.05, 0) is 60.7 Å². The quantitative estimate of drug-likeness (QED) is 0.574. The van der Waals surface area contributed by atoms with Gasteiger partial charge in [-0.1, -0.05) is 41.0 Å². The molecule has 0 radical (unpaired) electrons. The minimum absolute atomic E-state index is 0.693. The van der Waals surface area contributed by atoms with E-state index in [1.54, 1.807) is 0 Å². The van der Waals surface area contributed by atoms with Gasteiger partial charge in [0.05, 0.1) is 0 Å². The number of rotatable bonds is 6. The van der Waals surface area contributed by atoms with Crippen molar-refractivity contribution in [3.63, 3.8) is 0 Å². The Labute approximate surface area is 102 Å². The van der Waals surface area contributed by atoms with Gasteiger partial charge in [0, 0.05) is 0 Å². The second kappa shape index (κ2) is 4.03. The van der Waals surface area contributed by atoms with Gasteiger partial charge >= 0.3 is 0 Å². The van der Waals surface area contributed by atoms with E-state index in [1.165, 1.54) is 38.5 Å². The fourth-order valence-electron chi connectivity index (χ4n) is 3.37. The van der Waals surface area contributed by atoms with Crippen molar-refractivity contribution in [1.29, 1.82) is 0 Å². The van der Waals surface area contributed by atoms with Crippen LogP contribution in [0.4, 0.5) is 0 Å². The summed E-state index contributed by atoms with van der Waals surface area (Å²) in [7, 11) is 0. The van der Waals surface area contributed by atoms with E-state index in [-0.39, 0.29) is 0 Å². The van der Waals surface area contributed by atoms with Crippen LogP contribution in [0.1, 0.15) is 73.1 Å². The minimum atomic E-state index is 0.693. The van der Waals surface area contributed by atoms with Crippen LogP contribution < -0.4 is 0 Å². The first kappa shape index (κ1) is 12.5. The molecule has 0 aliphatic heterocycles. The van der Waals surface area contributed by atoms with Gasteiger partial charge in [-0.15, -0.1) is 0 Å². The molecule has 0 spiro atoms. The summed E-state index contributed by atoms with van der Waals surface area (Å²) in [5, 5.41) is 0. The third-order valence-corrected chi connectivity index (χ3v) is 5.41. The van der Waals surface area contributed by atoms with Crippen LogP contribution in [-0.4, -0.2) is 0 Å². The molecule has 0 aromatic carbocycles. The molecule has 0 heterocycles. The third-order valence-electron chi connectivity index (χ3n) is 5.41.